The van der Waals surface area contributed by atoms with E-state index < -0.39 is 16.1 Å². The van der Waals surface area contributed by atoms with Gasteiger partial charge in [-0.1, -0.05) is 30.3 Å². The average molecular weight is 409 g/mol. The van der Waals surface area contributed by atoms with Crippen molar-refractivity contribution in [2.45, 2.75) is 11.0 Å². The van der Waals surface area contributed by atoms with Gasteiger partial charge in [0.05, 0.1) is 16.5 Å². The standard InChI is InChI=1S/C21H19N3O4S/c22-10-15-6-8-19(9-7-15)29(27,28)24-13-17-11-23(12-18(17)14-24)21(26)20(25)16-4-2-1-3-5-16/h1-9,20,25H,11-14H2/t20-/m1/s1. The number of carbonyl (C=O) groups excluding carboxylic acids is 1. The van der Waals surface area contributed by atoms with Crippen molar-refractivity contribution in [3.8, 4) is 6.07 Å². The van der Waals surface area contributed by atoms with Crippen molar-refractivity contribution in [1.29, 1.82) is 5.26 Å². The number of benzene rings is 2. The van der Waals surface area contributed by atoms with E-state index >= 15 is 0 Å². The number of hydrogen-bond donors (Lipinski definition) is 1. The largest absolute Gasteiger partial charge is 0.378 e. The number of carbonyl (C=O) groups is 1. The van der Waals surface area contributed by atoms with E-state index in [1.54, 1.807) is 29.2 Å². The van der Waals surface area contributed by atoms with Gasteiger partial charge >= 0.3 is 0 Å². The van der Waals surface area contributed by atoms with Gasteiger partial charge in [-0.25, -0.2) is 8.42 Å². The second kappa shape index (κ2) is 7.44. The molecule has 0 radical (unpaired) electrons. The zero-order valence-corrected chi connectivity index (χ0v) is 16.3. The molecule has 1 atom stereocenters. The normalized spacial score (nSPS) is 17.9. The SMILES string of the molecule is N#Cc1ccc(S(=O)(=O)N2CC3=C(CN(C(=O)[C@H](O)c4ccccc4)C3)C2)cc1. The summed E-state index contributed by atoms with van der Waals surface area (Å²) in [5, 5.41) is 19.2. The first-order chi connectivity index (χ1) is 13.9. The Morgan fingerprint density at radius 3 is 2.10 bits per heavy atom. The molecule has 0 unspecified atom stereocenters. The molecule has 0 bridgehead atoms. The second-order valence-corrected chi connectivity index (χ2v) is 9.06. The molecule has 2 aromatic carbocycles. The number of hydrogen-bond acceptors (Lipinski definition) is 5. The van der Waals surface area contributed by atoms with E-state index in [-0.39, 0.29) is 23.9 Å². The zero-order valence-electron chi connectivity index (χ0n) is 15.5. The quantitative estimate of drug-likeness (QED) is 0.770. The molecule has 0 spiro atoms. The van der Waals surface area contributed by atoms with E-state index in [2.05, 4.69) is 0 Å². The fourth-order valence-electron chi connectivity index (χ4n) is 3.67. The maximum atomic E-state index is 12.9. The molecule has 148 valence electrons. The van der Waals surface area contributed by atoms with E-state index in [1.807, 2.05) is 12.1 Å². The molecule has 2 heterocycles. The van der Waals surface area contributed by atoms with Crippen LogP contribution in [0.15, 0.2) is 70.6 Å². The van der Waals surface area contributed by atoms with Gasteiger partial charge in [-0.05, 0) is 41.0 Å². The van der Waals surface area contributed by atoms with Gasteiger partial charge in [0.25, 0.3) is 5.91 Å². The Balaban J connectivity index is 1.42. The van der Waals surface area contributed by atoms with Crippen LogP contribution in [0.5, 0.6) is 0 Å². The van der Waals surface area contributed by atoms with Crippen LogP contribution in [0.1, 0.15) is 17.2 Å². The van der Waals surface area contributed by atoms with Crippen molar-refractivity contribution < 1.29 is 18.3 Å². The molecule has 0 fully saturated rings. The van der Waals surface area contributed by atoms with Gasteiger partial charge in [0, 0.05) is 26.2 Å². The highest BCUT2D eigenvalue weighted by molar-refractivity contribution is 7.89. The first kappa shape index (κ1) is 19.3. The van der Waals surface area contributed by atoms with Gasteiger partial charge in [0.2, 0.25) is 10.0 Å². The third-order valence-electron chi connectivity index (χ3n) is 5.28. The summed E-state index contributed by atoms with van der Waals surface area (Å²) < 4.78 is 27.1. The Kier molecular flexibility index (Phi) is 4.96. The Labute approximate surface area is 169 Å². The highest BCUT2D eigenvalue weighted by Crippen LogP contribution is 2.31. The number of aliphatic hydroxyl groups is 1. The second-order valence-electron chi connectivity index (χ2n) is 7.12. The number of nitrogens with zero attached hydrogens (tertiary/aromatic N) is 3. The van der Waals surface area contributed by atoms with Crippen LogP contribution in [0.2, 0.25) is 0 Å². The van der Waals surface area contributed by atoms with Crippen molar-refractivity contribution in [3.05, 3.63) is 76.9 Å². The van der Waals surface area contributed by atoms with Gasteiger partial charge in [-0.3, -0.25) is 4.79 Å². The average Bonchev–Trinajstić information content (AvgIpc) is 3.33. The predicted molar refractivity (Wildman–Crippen MR) is 105 cm³/mol. The van der Waals surface area contributed by atoms with E-state index in [0.29, 0.717) is 24.2 Å². The number of sulfonamides is 1. The molecule has 2 aliphatic rings. The van der Waals surface area contributed by atoms with E-state index in [9.17, 15) is 18.3 Å². The number of aliphatic hydroxyl groups excluding tert-OH is 1. The van der Waals surface area contributed by atoms with Gasteiger partial charge in [-0.2, -0.15) is 9.57 Å². The molecule has 7 nitrogen and oxygen atoms in total. The first-order valence-corrected chi connectivity index (χ1v) is 10.6. The van der Waals surface area contributed by atoms with Crippen molar-refractivity contribution in [2.24, 2.45) is 0 Å². The third kappa shape index (κ3) is 3.56. The van der Waals surface area contributed by atoms with Crippen molar-refractivity contribution in [1.82, 2.24) is 9.21 Å². The summed E-state index contributed by atoms with van der Waals surface area (Å²) in [5.74, 6) is -0.382. The minimum Gasteiger partial charge on any atom is -0.378 e. The molecular weight excluding hydrogens is 390 g/mol. The summed E-state index contributed by atoms with van der Waals surface area (Å²) in [7, 11) is -3.67. The molecule has 29 heavy (non-hydrogen) atoms. The lowest BCUT2D eigenvalue weighted by atomic mass is 10.1. The monoisotopic (exact) mass is 409 g/mol. The number of nitriles is 1. The van der Waals surface area contributed by atoms with Crippen LogP contribution in [-0.4, -0.2) is 54.8 Å². The van der Waals surface area contributed by atoms with Crippen molar-refractivity contribution in [2.75, 3.05) is 26.2 Å². The Morgan fingerprint density at radius 2 is 1.55 bits per heavy atom. The Morgan fingerprint density at radius 1 is 0.966 bits per heavy atom. The molecule has 0 saturated heterocycles. The smallest absolute Gasteiger partial charge is 0.256 e. The van der Waals surface area contributed by atoms with Crippen LogP contribution in [0.3, 0.4) is 0 Å². The van der Waals surface area contributed by atoms with Crippen LogP contribution in [0, 0.1) is 11.3 Å². The van der Waals surface area contributed by atoms with Crippen LogP contribution in [0.4, 0.5) is 0 Å². The molecule has 0 aromatic heterocycles. The fraction of sp³-hybridized carbons (Fsp3) is 0.238. The van der Waals surface area contributed by atoms with Gasteiger partial charge in [0.15, 0.2) is 6.10 Å². The minimum absolute atomic E-state index is 0.144. The molecule has 2 aromatic rings. The van der Waals surface area contributed by atoms with Gasteiger partial charge in [-0.15, -0.1) is 0 Å². The fourth-order valence-corrected chi connectivity index (χ4v) is 5.10. The molecule has 1 amide bonds. The van der Waals surface area contributed by atoms with Gasteiger partial charge in [0.1, 0.15) is 0 Å². The topological polar surface area (TPSA) is 102 Å². The van der Waals surface area contributed by atoms with E-state index in [4.69, 9.17) is 5.26 Å². The summed E-state index contributed by atoms with van der Waals surface area (Å²) in [6, 6.07) is 16.5. The van der Waals surface area contributed by atoms with Crippen LogP contribution >= 0.6 is 0 Å². The highest BCUT2D eigenvalue weighted by Gasteiger charge is 2.38. The summed E-state index contributed by atoms with van der Waals surface area (Å²) in [4.78, 5) is 14.3. The molecular formula is C21H19N3O4S. The first-order valence-electron chi connectivity index (χ1n) is 9.12. The van der Waals surface area contributed by atoms with E-state index in [1.165, 1.54) is 28.6 Å². The Hall–Kier alpha value is -2.99. The van der Waals surface area contributed by atoms with Crippen LogP contribution in [0.25, 0.3) is 0 Å². The molecule has 0 aliphatic carbocycles. The number of rotatable bonds is 4. The molecule has 2 aliphatic heterocycles. The van der Waals surface area contributed by atoms with E-state index in [0.717, 1.165) is 11.1 Å². The predicted octanol–water partition coefficient (Wildman–Crippen LogP) is 1.43. The summed E-state index contributed by atoms with van der Waals surface area (Å²) in [6.07, 6.45) is -1.23. The number of amides is 1. The summed E-state index contributed by atoms with van der Waals surface area (Å²) in [6.45, 7) is 1.08. The molecule has 1 N–H and O–H groups in total. The Bertz CT molecular complexity index is 1100. The highest BCUT2D eigenvalue weighted by atomic mass is 32.2. The molecule has 8 heteroatoms. The summed E-state index contributed by atoms with van der Waals surface area (Å²) in [5.41, 5.74) is 2.73. The van der Waals surface area contributed by atoms with Crippen molar-refractivity contribution in [3.63, 3.8) is 0 Å². The van der Waals surface area contributed by atoms with Crippen molar-refractivity contribution >= 4 is 15.9 Å². The third-order valence-corrected chi connectivity index (χ3v) is 7.09. The lowest BCUT2D eigenvalue weighted by Crippen LogP contribution is -2.38. The summed E-state index contributed by atoms with van der Waals surface area (Å²) >= 11 is 0. The maximum absolute atomic E-state index is 12.9. The molecule has 0 saturated carbocycles. The zero-order chi connectivity index (χ0) is 20.6. The van der Waals surface area contributed by atoms with Crippen LogP contribution < -0.4 is 0 Å². The minimum atomic E-state index is -3.67. The molecule has 4 rings (SSSR count). The maximum Gasteiger partial charge on any atom is 0.256 e. The lowest BCUT2D eigenvalue weighted by Gasteiger charge is -2.24. The van der Waals surface area contributed by atoms with Gasteiger partial charge < -0.3 is 10.0 Å². The van der Waals surface area contributed by atoms with Crippen LogP contribution in [-0.2, 0) is 14.8 Å². The lowest BCUT2D eigenvalue weighted by molar-refractivity contribution is -0.139.